The highest BCUT2D eigenvalue weighted by Crippen LogP contribution is 2.36. The Kier molecular flexibility index (Phi) is 6.47. The number of halogens is 4. The third-order valence-corrected chi connectivity index (χ3v) is 4.54. The predicted molar refractivity (Wildman–Crippen MR) is 110 cm³/mol. The average molecular weight is 464 g/mol. The summed E-state index contributed by atoms with van der Waals surface area (Å²) in [4.78, 5) is 47.9. The number of hydrogen-bond donors (Lipinski definition) is 2. The van der Waals surface area contributed by atoms with Gasteiger partial charge in [-0.3, -0.25) is 23.5 Å². The number of rotatable bonds is 5. The number of carbonyl (C=O) groups excluding carboxylic acids is 2. The normalized spacial score (nSPS) is 11.2. The second kappa shape index (κ2) is 9.10. The van der Waals surface area contributed by atoms with E-state index in [-0.39, 0.29) is 11.3 Å². The third-order valence-electron chi connectivity index (χ3n) is 4.54. The van der Waals surface area contributed by atoms with Crippen LogP contribution in [0.25, 0.3) is 0 Å². The van der Waals surface area contributed by atoms with Crippen LogP contribution < -0.4 is 21.9 Å². The molecule has 8 nitrogen and oxygen atoms in total. The SMILES string of the molecule is Cn1c(=O)ccn(CC(=O)Nc2ccc(NC(=O)c3ccc(F)cc3)cc2C(F)(F)F)c1=O. The number of amides is 2. The van der Waals surface area contributed by atoms with Gasteiger partial charge in [0, 0.05) is 30.6 Å². The highest BCUT2D eigenvalue weighted by molar-refractivity contribution is 6.04. The van der Waals surface area contributed by atoms with Crippen molar-refractivity contribution in [3.05, 3.63) is 92.5 Å². The molecule has 2 N–H and O–H groups in total. The van der Waals surface area contributed by atoms with Gasteiger partial charge in [0.15, 0.2) is 0 Å². The highest BCUT2D eigenvalue weighted by atomic mass is 19.4. The number of anilines is 2. The molecule has 3 aromatic rings. The average Bonchev–Trinajstić information content (AvgIpc) is 2.75. The number of nitrogens with zero attached hydrogens (tertiary/aromatic N) is 2. The lowest BCUT2D eigenvalue weighted by atomic mass is 10.1. The molecule has 0 saturated heterocycles. The summed E-state index contributed by atoms with van der Waals surface area (Å²) in [6.07, 6.45) is -3.82. The van der Waals surface area contributed by atoms with E-state index in [2.05, 4.69) is 10.6 Å². The molecule has 0 fully saturated rings. The van der Waals surface area contributed by atoms with E-state index >= 15 is 0 Å². The number of benzene rings is 2. The van der Waals surface area contributed by atoms with Crippen LogP contribution in [0.3, 0.4) is 0 Å². The second-order valence-corrected chi connectivity index (χ2v) is 6.89. The molecule has 2 amide bonds. The first kappa shape index (κ1) is 23.4. The van der Waals surface area contributed by atoms with Crippen molar-refractivity contribution in [3.63, 3.8) is 0 Å². The van der Waals surface area contributed by atoms with Crippen molar-refractivity contribution >= 4 is 23.2 Å². The first-order chi connectivity index (χ1) is 15.5. The van der Waals surface area contributed by atoms with Crippen LogP contribution in [0.1, 0.15) is 15.9 Å². The van der Waals surface area contributed by atoms with Gasteiger partial charge >= 0.3 is 11.9 Å². The van der Waals surface area contributed by atoms with Crippen molar-refractivity contribution in [2.45, 2.75) is 12.7 Å². The highest BCUT2D eigenvalue weighted by Gasteiger charge is 2.34. The van der Waals surface area contributed by atoms with Crippen molar-refractivity contribution < 1.29 is 27.2 Å². The summed E-state index contributed by atoms with van der Waals surface area (Å²) in [5, 5.41) is 4.36. The molecule has 0 aliphatic heterocycles. The summed E-state index contributed by atoms with van der Waals surface area (Å²) >= 11 is 0. The molecule has 2 aromatic carbocycles. The molecule has 1 heterocycles. The fourth-order valence-corrected chi connectivity index (χ4v) is 2.85. The molecule has 0 aliphatic carbocycles. The minimum absolute atomic E-state index is 0.0324. The Balaban J connectivity index is 1.82. The Morgan fingerprint density at radius 3 is 2.27 bits per heavy atom. The van der Waals surface area contributed by atoms with Gasteiger partial charge in [0.05, 0.1) is 11.3 Å². The molecule has 0 saturated carbocycles. The van der Waals surface area contributed by atoms with Gasteiger partial charge in [-0.25, -0.2) is 9.18 Å². The van der Waals surface area contributed by atoms with Crippen LogP contribution in [-0.4, -0.2) is 20.9 Å². The predicted octanol–water partition coefficient (Wildman–Crippen LogP) is 2.60. The van der Waals surface area contributed by atoms with E-state index in [1.54, 1.807) is 0 Å². The van der Waals surface area contributed by atoms with E-state index in [0.717, 1.165) is 45.7 Å². The van der Waals surface area contributed by atoms with Gasteiger partial charge in [0.1, 0.15) is 12.4 Å². The van der Waals surface area contributed by atoms with Crippen molar-refractivity contribution in [3.8, 4) is 0 Å². The maximum Gasteiger partial charge on any atom is 0.418 e. The third kappa shape index (κ3) is 5.53. The molecule has 0 bridgehead atoms. The topological polar surface area (TPSA) is 102 Å². The molecule has 0 aliphatic rings. The second-order valence-electron chi connectivity index (χ2n) is 6.89. The fraction of sp³-hybridized carbons (Fsp3) is 0.143. The standard InChI is InChI=1S/C21H16F4N4O4/c1-28-18(31)8-9-29(20(28)33)11-17(30)27-16-7-6-14(10-15(16)21(23,24)25)26-19(32)12-2-4-13(22)5-3-12/h2-10H,11H2,1H3,(H,26,32)(H,27,30). The van der Waals surface area contributed by atoms with Gasteiger partial charge in [-0.05, 0) is 42.5 Å². The first-order valence-corrected chi connectivity index (χ1v) is 9.30. The van der Waals surface area contributed by atoms with Gasteiger partial charge in [0.2, 0.25) is 5.91 Å². The number of aromatic nitrogens is 2. The summed E-state index contributed by atoms with van der Waals surface area (Å²) in [6.45, 7) is -0.632. The monoisotopic (exact) mass is 464 g/mol. The van der Waals surface area contributed by atoms with Gasteiger partial charge in [-0.1, -0.05) is 0 Å². The zero-order valence-electron chi connectivity index (χ0n) is 16.9. The maximum atomic E-state index is 13.6. The van der Waals surface area contributed by atoms with E-state index in [0.29, 0.717) is 6.07 Å². The van der Waals surface area contributed by atoms with E-state index in [1.807, 2.05) is 0 Å². The van der Waals surface area contributed by atoms with Crippen LogP contribution >= 0.6 is 0 Å². The lowest BCUT2D eigenvalue weighted by Gasteiger charge is -2.16. The molecule has 33 heavy (non-hydrogen) atoms. The van der Waals surface area contributed by atoms with E-state index in [4.69, 9.17) is 0 Å². The molecule has 1 aromatic heterocycles. The van der Waals surface area contributed by atoms with Gasteiger partial charge < -0.3 is 10.6 Å². The summed E-state index contributed by atoms with van der Waals surface area (Å²) in [5.74, 6) is -2.27. The molecule has 12 heteroatoms. The summed E-state index contributed by atoms with van der Waals surface area (Å²) in [5.41, 5.74) is -3.42. The van der Waals surface area contributed by atoms with Crippen LogP contribution in [0.5, 0.6) is 0 Å². The Bertz CT molecular complexity index is 1330. The Morgan fingerprint density at radius 1 is 0.970 bits per heavy atom. The molecular formula is C21H16F4N4O4. The van der Waals surface area contributed by atoms with Crippen LogP contribution in [0, 0.1) is 5.82 Å². The van der Waals surface area contributed by atoms with Crippen LogP contribution in [0.15, 0.2) is 64.3 Å². The van der Waals surface area contributed by atoms with Gasteiger partial charge in [-0.15, -0.1) is 0 Å². The van der Waals surface area contributed by atoms with Crippen LogP contribution in [0.4, 0.5) is 28.9 Å². The smallest absolute Gasteiger partial charge is 0.324 e. The Morgan fingerprint density at radius 2 is 1.64 bits per heavy atom. The number of carbonyl (C=O) groups is 2. The van der Waals surface area contributed by atoms with Crippen LogP contribution in [-0.2, 0) is 24.6 Å². The van der Waals surface area contributed by atoms with Crippen molar-refractivity contribution in [1.82, 2.24) is 9.13 Å². The van der Waals surface area contributed by atoms with Gasteiger partial charge in [-0.2, -0.15) is 13.2 Å². The van der Waals surface area contributed by atoms with E-state index < -0.39 is 52.9 Å². The molecule has 0 atom stereocenters. The van der Waals surface area contributed by atoms with E-state index in [1.165, 1.54) is 19.2 Å². The molecule has 0 unspecified atom stereocenters. The largest absolute Gasteiger partial charge is 0.418 e. The lowest BCUT2D eigenvalue weighted by Crippen LogP contribution is -2.39. The molecular weight excluding hydrogens is 448 g/mol. The molecule has 3 rings (SSSR count). The number of nitrogens with one attached hydrogen (secondary N) is 2. The fourth-order valence-electron chi connectivity index (χ4n) is 2.85. The van der Waals surface area contributed by atoms with Crippen molar-refractivity contribution in [2.24, 2.45) is 7.05 Å². The van der Waals surface area contributed by atoms with E-state index in [9.17, 15) is 36.7 Å². The number of hydrogen-bond acceptors (Lipinski definition) is 4. The first-order valence-electron chi connectivity index (χ1n) is 9.30. The minimum atomic E-state index is -4.88. The minimum Gasteiger partial charge on any atom is -0.324 e. The quantitative estimate of drug-likeness (QED) is 0.567. The molecule has 0 spiro atoms. The maximum absolute atomic E-state index is 13.6. The zero-order valence-corrected chi connectivity index (χ0v) is 16.9. The van der Waals surface area contributed by atoms with Crippen molar-refractivity contribution in [1.29, 1.82) is 0 Å². The summed E-state index contributed by atoms with van der Waals surface area (Å²) in [6, 6.07) is 8.17. The Hall–Kier alpha value is -4.22. The van der Waals surface area contributed by atoms with Crippen molar-refractivity contribution in [2.75, 3.05) is 10.6 Å². The Labute approximate surface area is 183 Å². The van der Waals surface area contributed by atoms with Gasteiger partial charge in [0.25, 0.3) is 11.5 Å². The lowest BCUT2D eigenvalue weighted by molar-refractivity contribution is -0.136. The summed E-state index contributed by atoms with van der Waals surface area (Å²) in [7, 11) is 1.19. The summed E-state index contributed by atoms with van der Waals surface area (Å²) < 4.78 is 55.3. The molecule has 0 radical (unpaired) electrons. The van der Waals surface area contributed by atoms with Crippen LogP contribution in [0.2, 0.25) is 0 Å². The number of alkyl halides is 3. The molecule has 172 valence electrons. The zero-order chi connectivity index (χ0) is 24.3.